The smallest absolute Gasteiger partial charge is 0.254 e. The van der Waals surface area contributed by atoms with Crippen LogP contribution < -0.4 is 5.32 Å². The number of hydrogen-bond acceptors (Lipinski definition) is 5. The number of amides is 1. The highest BCUT2D eigenvalue weighted by atomic mass is 35.5. The van der Waals surface area contributed by atoms with Gasteiger partial charge in [0.1, 0.15) is 0 Å². The fourth-order valence-corrected chi connectivity index (χ4v) is 4.30. The maximum Gasteiger partial charge on any atom is 0.254 e. The van der Waals surface area contributed by atoms with Gasteiger partial charge in [-0.2, -0.15) is 0 Å². The minimum Gasteiger partial charge on any atom is -0.385 e. The molecule has 1 aromatic carbocycles. The third kappa shape index (κ3) is 5.51. The molecule has 1 aromatic heterocycles. The first kappa shape index (κ1) is 25.0. The number of piperazine rings is 1. The minimum absolute atomic E-state index is 0. The normalized spacial score (nSPS) is 16.0. The second kappa shape index (κ2) is 11.2. The number of halogens is 3. The van der Waals surface area contributed by atoms with Gasteiger partial charge < -0.3 is 10.2 Å². The van der Waals surface area contributed by atoms with Crippen LogP contribution in [-0.2, 0) is 13.0 Å². The molecule has 0 spiro atoms. The average molecular weight is 466 g/mol. The van der Waals surface area contributed by atoms with Gasteiger partial charge in [0, 0.05) is 55.9 Å². The van der Waals surface area contributed by atoms with Crippen molar-refractivity contribution >= 4 is 60.2 Å². The molecule has 0 atom stereocenters. The summed E-state index contributed by atoms with van der Waals surface area (Å²) in [7, 11) is 0. The fourth-order valence-electron chi connectivity index (χ4n) is 3.70. The number of aryl methyl sites for hydroxylation is 1. The van der Waals surface area contributed by atoms with Crippen molar-refractivity contribution in [2.24, 2.45) is 0 Å². The van der Waals surface area contributed by atoms with Crippen molar-refractivity contribution < 1.29 is 4.79 Å². The lowest BCUT2D eigenvalue weighted by molar-refractivity contribution is 0.0626. The lowest BCUT2D eigenvalue weighted by atomic mass is 9.96. The van der Waals surface area contributed by atoms with Gasteiger partial charge in [0.15, 0.2) is 0 Å². The Balaban J connectivity index is 0.00000131. The second-order valence-electron chi connectivity index (χ2n) is 6.79. The molecule has 2 aliphatic heterocycles. The zero-order valence-electron chi connectivity index (χ0n) is 15.8. The number of aromatic nitrogens is 1. The van der Waals surface area contributed by atoms with E-state index in [0.29, 0.717) is 0 Å². The molecule has 1 fully saturated rings. The van der Waals surface area contributed by atoms with Crippen LogP contribution in [0.25, 0.3) is 0 Å². The van der Waals surface area contributed by atoms with Crippen LogP contribution in [0.4, 0.5) is 5.69 Å². The first-order valence-corrected chi connectivity index (χ1v) is 9.87. The van der Waals surface area contributed by atoms with E-state index in [1.165, 1.54) is 5.56 Å². The standard InChI is InChI=1S/C19H24N4OS.3ClH/c1-14-21-15(13-25-14)12-22-8-10-23(11-9-22)19(24)17-4-2-6-18-16(17)5-3-7-20-18;;;/h2,4,6,13,20H,3,5,7-12H2,1H3;3*1H. The van der Waals surface area contributed by atoms with Crippen LogP contribution in [0.1, 0.15) is 33.0 Å². The van der Waals surface area contributed by atoms with Crippen LogP contribution >= 0.6 is 48.6 Å². The summed E-state index contributed by atoms with van der Waals surface area (Å²) < 4.78 is 0. The third-order valence-electron chi connectivity index (χ3n) is 5.04. The van der Waals surface area contributed by atoms with Crippen molar-refractivity contribution in [2.45, 2.75) is 26.3 Å². The molecule has 0 saturated carbocycles. The lowest BCUT2D eigenvalue weighted by Crippen LogP contribution is -2.48. The molecule has 28 heavy (non-hydrogen) atoms. The third-order valence-corrected chi connectivity index (χ3v) is 5.86. The quantitative estimate of drug-likeness (QED) is 0.743. The van der Waals surface area contributed by atoms with Gasteiger partial charge in [0.05, 0.1) is 10.7 Å². The molecule has 1 N–H and O–H groups in total. The molecule has 4 rings (SSSR count). The Morgan fingerprint density at radius 3 is 2.61 bits per heavy atom. The van der Waals surface area contributed by atoms with Crippen LogP contribution in [0.5, 0.6) is 0 Å². The maximum atomic E-state index is 13.0. The van der Waals surface area contributed by atoms with E-state index in [4.69, 9.17) is 0 Å². The molecule has 0 bridgehead atoms. The molecule has 0 unspecified atom stereocenters. The molecule has 3 heterocycles. The molecule has 5 nitrogen and oxygen atoms in total. The van der Waals surface area contributed by atoms with E-state index in [-0.39, 0.29) is 43.1 Å². The van der Waals surface area contributed by atoms with E-state index in [1.807, 2.05) is 24.0 Å². The Labute approximate surface area is 189 Å². The van der Waals surface area contributed by atoms with Gasteiger partial charge >= 0.3 is 0 Å². The zero-order valence-corrected chi connectivity index (χ0v) is 19.1. The predicted octanol–water partition coefficient (Wildman–Crippen LogP) is 4.03. The first-order valence-electron chi connectivity index (χ1n) is 8.99. The number of hydrogen-bond donors (Lipinski definition) is 1. The van der Waals surface area contributed by atoms with Crippen LogP contribution in [0.2, 0.25) is 0 Å². The van der Waals surface area contributed by atoms with E-state index in [1.54, 1.807) is 11.3 Å². The lowest BCUT2D eigenvalue weighted by Gasteiger charge is -2.35. The highest BCUT2D eigenvalue weighted by Crippen LogP contribution is 2.26. The summed E-state index contributed by atoms with van der Waals surface area (Å²) in [5.41, 5.74) is 4.35. The van der Waals surface area contributed by atoms with Crippen molar-refractivity contribution in [3.05, 3.63) is 45.4 Å². The number of anilines is 1. The summed E-state index contributed by atoms with van der Waals surface area (Å²) in [6, 6.07) is 6.06. The van der Waals surface area contributed by atoms with Crippen LogP contribution in [0.15, 0.2) is 23.6 Å². The Hall–Kier alpha value is -1.05. The van der Waals surface area contributed by atoms with E-state index in [2.05, 4.69) is 26.6 Å². The summed E-state index contributed by atoms with van der Waals surface area (Å²) in [6.07, 6.45) is 2.09. The van der Waals surface area contributed by atoms with Crippen LogP contribution in [0.3, 0.4) is 0 Å². The highest BCUT2D eigenvalue weighted by Gasteiger charge is 2.25. The summed E-state index contributed by atoms with van der Waals surface area (Å²) in [5, 5.41) is 6.66. The largest absolute Gasteiger partial charge is 0.385 e. The first-order chi connectivity index (χ1) is 12.2. The summed E-state index contributed by atoms with van der Waals surface area (Å²) in [4.78, 5) is 21.9. The fraction of sp³-hybridized carbons (Fsp3) is 0.474. The molecule has 1 amide bonds. The van der Waals surface area contributed by atoms with Crippen molar-refractivity contribution in [1.82, 2.24) is 14.8 Å². The molecule has 1 saturated heterocycles. The monoisotopic (exact) mass is 464 g/mol. The summed E-state index contributed by atoms with van der Waals surface area (Å²) in [5.74, 6) is 0.185. The number of thiazole rings is 1. The van der Waals surface area contributed by atoms with Crippen molar-refractivity contribution in [3.63, 3.8) is 0 Å². The Kier molecular flexibility index (Phi) is 10.0. The number of benzene rings is 1. The molecule has 0 aliphatic carbocycles. The number of rotatable bonds is 3. The van der Waals surface area contributed by atoms with Gasteiger partial charge in [-0.05, 0) is 37.5 Å². The predicted molar refractivity (Wildman–Crippen MR) is 123 cm³/mol. The zero-order chi connectivity index (χ0) is 17.2. The van der Waals surface area contributed by atoms with Crippen molar-refractivity contribution in [1.29, 1.82) is 0 Å². The Morgan fingerprint density at radius 1 is 1.18 bits per heavy atom. The topological polar surface area (TPSA) is 48.5 Å². The molecule has 156 valence electrons. The van der Waals surface area contributed by atoms with Crippen molar-refractivity contribution in [3.8, 4) is 0 Å². The van der Waals surface area contributed by atoms with Crippen LogP contribution in [0, 0.1) is 6.92 Å². The van der Waals surface area contributed by atoms with Crippen LogP contribution in [-0.4, -0.2) is 53.4 Å². The van der Waals surface area contributed by atoms with Crippen molar-refractivity contribution in [2.75, 3.05) is 38.0 Å². The van der Waals surface area contributed by atoms with Gasteiger partial charge in [-0.3, -0.25) is 9.69 Å². The molecular formula is C19H27Cl3N4OS. The highest BCUT2D eigenvalue weighted by molar-refractivity contribution is 7.09. The number of nitrogens with one attached hydrogen (secondary N) is 1. The molecular weight excluding hydrogens is 439 g/mol. The molecule has 9 heteroatoms. The number of carbonyl (C=O) groups is 1. The summed E-state index contributed by atoms with van der Waals surface area (Å²) in [6.45, 7) is 7.33. The van der Waals surface area contributed by atoms with Gasteiger partial charge in [0.25, 0.3) is 5.91 Å². The molecule has 2 aromatic rings. The van der Waals surface area contributed by atoms with Gasteiger partial charge in [-0.15, -0.1) is 48.6 Å². The molecule has 2 aliphatic rings. The Morgan fingerprint density at radius 2 is 1.93 bits per heavy atom. The Bertz CT molecular complexity index is 778. The van der Waals surface area contributed by atoms with E-state index in [9.17, 15) is 4.79 Å². The minimum atomic E-state index is 0. The summed E-state index contributed by atoms with van der Waals surface area (Å²) >= 11 is 1.70. The molecule has 0 radical (unpaired) electrons. The second-order valence-corrected chi connectivity index (χ2v) is 7.85. The number of fused-ring (bicyclic) bond motifs is 1. The van der Waals surface area contributed by atoms with Gasteiger partial charge in [-0.1, -0.05) is 6.07 Å². The van der Waals surface area contributed by atoms with E-state index in [0.717, 1.165) is 74.1 Å². The average Bonchev–Trinajstić information content (AvgIpc) is 3.06. The maximum absolute atomic E-state index is 13.0. The van der Waals surface area contributed by atoms with Gasteiger partial charge in [-0.25, -0.2) is 4.98 Å². The number of carbonyl (C=O) groups excluding carboxylic acids is 1. The van der Waals surface area contributed by atoms with E-state index < -0.39 is 0 Å². The SMILES string of the molecule is Cc1nc(CN2CCN(C(=O)c3cccc4c3CCCN4)CC2)cs1.Cl.Cl.Cl. The van der Waals surface area contributed by atoms with E-state index >= 15 is 0 Å². The van der Waals surface area contributed by atoms with Gasteiger partial charge in [0.2, 0.25) is 0 Å². The number of nitrogens with zero attached hydrogens (tertiary/aromatic N) is 3.